The Balaban J connectivity index is 0.00000161. The van der Waals surface area contributed by atoms with Gasteiger partial charge in [0, 0.05) is 26.7 Å². The molecule has 2 fully saturated rings. The zero-order chi connectivity index (χ0) is 14.0. The summed E-state index contributed by atoms with van der Waals surface area (Å²) in [6, 6.07) is 0. The molecule has 6 nitrogen and oxygen atoms in total. The van der Waals surface area contributed by atoms with Crippen molar-refractivity contribution < 1.29 is 0 Å². The van der Waals surface area contributed by atoms with Gasteiger partial charge in [0.2, 0.25) is 0 Å². The molecule has 0 amide bonds. The van der Waals surface area contributed by atoms with E-state index in [9.17, 15) is 0 Å². The van der Waals surface area contributed by atoms with Crippen LogP contribution in [0.25, 0.3) is 0 Å². The number of aryl methyl sites for hydroxylation is 1. The minimum Gasteiger partial charge on any atom is -0.357 e. The highest BCUT2D eigenvalue weighted by molar-refractivity contribution is 14.0. The first-order chi connectivity index (χ1) is 9.72. The molecule has 1 N–H and O–H groups in total. The fourth-order valence-corrected chi connectivity index (χ4v) is 3.24. The highest BCUT2D eigenvalue weighted by Crippen LogP contribution is 2.47. The number of hydrogen-bond donors (Lipinski definition) is 1. The predicted molar refractivity (Wildman–Crippen MR) is 93.7 cm³/mol. The summed E-state index contributed by atoms with van der Waals surface area (Å²) in [5.74, 6) is 1.93. The molecule has 1 aromatic heterocycles. The Kier molecular flexibility index (Phi) is 5.45. The third-order valence-corrected chi connectivity index (χ3v) is 4.66. The van der Waals surface area contributed by atoms with Gasteiger partial charge in [-0.2, -0.15) is 5.10 Å². The molecule has 0 unspecified atom stereocenters. The van der Waals surface area contributed by atoms with Crippen molar-refractivity contribution in [2.75, 3.05) is 19.6 Å². The molecule has 2 heterocycles. The zero-order valence-corrected chi connectivity index (χ0v) is 15.2. The monoisotopic (exact) mass is 404 g/mol. The van der Waals surface area contributed by atoms with Crippen molar-refractivity contribution in [1.29, 1.82) is 0 Å². The van der Waals surface area contributed by atoms with E-state index in [-0.39, 0.29) is 24.0 Å². The van der Waals surface area contributed by atoms with Crippen LogP contribution in [0.3, 0.4) is 0 Å². The van der Waals surface area contributed by atoms with Gasteiger partial charge >= 0.3 is 0 Å². The molecular formula is C14H25IN6. The third kappa shape index (κ3) is 3.49. The molecule has 21 heavy (non-hydrogen) atoms. The van der Waals surface area contributed by atoms with Crippen LogP contribution in [0, 0.1) is 5.41 Å². The van der Waals surface area contributed by atoms with Gasteiger partial charge in [0.1, 0.15) is 18.7 Å². The van der Waals surface area contributed by atoms with E-state index in [0.29, 0.717) is 12.0 Å². The van der Waals surface area contributed by atoms with Gasteiger partial charge in [-0.05, 0) is 31.6 Å². The minimum atomic E-state index is 0. The maximum absolute atomic E-state index is 4.73. The van der Waals surface area contributed by atoms with Crippen LogP contribution in [0.1, 0.15) is 38.4 Å². The van der Waals surface area contributed by atoms with Crippen molar-refractivity contribution >= 4 is 29.9 Å². The minimum absolute atomic E-state index is 0. The van der Waals surface area contributed by atoms with E-state index in [1.165, 1.54) is 25.7 Å². The molecule has 1 saturated carbocycles. The van der Waals surface area contributed by atoms with Gasteiger partial charge < -0.3 is 10.2 Å². The SMILES string of the molecule is CCNC(=NCc1ncnn1C)N1CCC2(CCC2)C1.I. The highest BCUT2D eigenvalue weighted by Gasteiger charge is 2.43. The van der Waals surface area contributed by atoms with Crippen LogP contribution < -0.4 is 5.32 Å². The molecule has 1 aliphatic carbocycles. The number of nitrogens with one attached hydrogen (secondary N) is 1. The molecule has 0 radical (unpaired) electrons. The molecule has 2 aliphatic rings. The average Bonchev–Trinajstić information content (AvgIpc) is 3.01. The van der Waals surface area contributed by atoms with Crippen molar-refractivity contribution in [2.24, 2.45) is 17.5 Å². The standard InChI is InChI=1S/C14H24N6.HI/c1-3-15-13(16-9-12-17-11-18-19(12)2)20-8-7-14(10-20)5-4-6-14;/h11H,3-10H2,1-2H3,(H,15,16);1H. The average molecular weight is 404 g/mol. The number of aliphatic imine (C=N–C) groups is 1. The lowest BCUT2D eigenvalue weighted by molar-refractivity contribution is 0.151. The van der Waals surface area contributed by atoms with E-state index in [0.717, 1.165) is 31.4 Å². The van der Waals surface area contributed by atoms with E-state index in [2.05, 4.69) is 27.2 Å². The molecule has 0 atom stereocenters. The van der Waals surface area contributed by atoms with E-state index < -0.39 is 0 Å². The van der Waals surface area contributed by atoms with Gasteiger partial charge in [0.25, 0.3) is 0 Å². The number of guanidine groups is 1. The maximum atomic E-state index is 4.73. The second kappa shape index (κ2) is 6.93. The quantitative estimate of drug-likeness (QED) is 0.474. The topological polar surface area (TPSA) is 58.3 Å². The second-order valence-electron chi connectivity index (χ2n) is 6.00. The van der Waals surface area contributed by atoms with Crippen molar-refractivity contribution in [3.63, 3.8) is 0 Å². The molecule has 1 aliphatic heterocycles. The number of halogens is 1. The van der Waals surface area contributed by atoms with Crippen molar-refractivity contribution in [3.8, 4) is 0 Å². The lowest BCUT2D eigenvalue weighted by Gasteiger charge is -2.38. The molecule has 1 saturated heterocycles. The highest BCUT2D eigenvalue weighted by atomic mass is 127. The Morgan fingerprint density at radius 2 is 2.24 bits per heavy atom. The van der Waals surface area contributed by atoms with Gasteiger partial charge in [0.05, 0.1) is 0 Å². The third-order valence-electron chi connectivity index (χ3n) is 4.66. The van der Waals surface area contributed by atoms with Crippen molar-refractivity contribution in [3.05, 3.63) is 12.2 Å². The molecule has 0 bridgehead atoms. The predicted octanol–water partition coefficient (Wildman–Crippen LogP) is 1.77. The van der Waals surface area contributed by atoms with Crippen LogP contribution in [0.15, 0.2) is 11.3 Å². The summed E-state index contributed by atoms with van der Waals surface area (Å²) in [6.45, 7) is 5.90. The van der Waals surface area contributed by atoms with Crippen LogP contribution in [0.5, 0.6) is 0 Å². The molecule has 3 rings (SSSR count). The van der Waals surface area contributed by atoms with E-state index in [4.69, 9.17) is 4.99 Å². The van der Waals surface area contributed by atoms with E-state index in [1.807, 2.05) is 7.05 Å². The van der Waals surface area contributed by atoms with Gasteiger partial charge in [-0.3, -0.25) is 4.68 Å². The van der Waals surface area contributed by atoms with Crippen LogP contribution in [-0.4, -0.2) is 45.3 Å². The van der Waals surface area contributed by atoms with Crippen molar-refractivity contribution in [1.82, 2.24) is 25.0 Å². The molecule has 0 aromatic carbocycles. The summed E-state index contributed by atoms with van der Waals surface area (Å²) in [4.78, 5) is 11.4. The zero-order valence-electron chi connectivity index (χ0n) is 12.9. The van der Waals surface area contributed by atoms with Crippen LogP contribution in [0.2, 0.25) is 0 Å². The smallest absolute Gasteiger partial charge is 0.194 e. The lowest BCUT2D eigenvalue weighted by atomic mass is 9.68. The lowest BCUT2D eigenvalue weighted by Crippen LogP contribution is -2.42. The summed E-state index contributed by atoms with van der Waals surface area (Å²) >= 11 is 0. The maximum Gasteiger partial charge on any atom is 0.194 e. The number of aromatic nitrogens is 3. The van der Waals surface area contributed by atoms with Gasteiger partial charge in [-0.25, -0.2) is 9.98 Å². The molecule has 1 spiro atoms. The van der Waals surface area contributed by atoms with Gasteiger partial charge in [0.15, 0.2) is 5.96 Å². The molecule has 118 valence electrons. The second-order valence-corrected chi connectivity index (χ2v) is 6.00. The number of likely N-dealkylation sites (tertiary alicyclic amines) is 1. The number of nitrogens with zero attached hydrogens (tertiary/aromatic N) is 5. The van der Waals surface area contributed by atoms with Gasteiger partial charge in [-0.1, -0.05) is 6.42 Å². The first kappa shape index (κ1) is 16.5. The van der Waals surface area contributed by atoms with Crippen LogP contribution >= 0.6 is 24.0 Å². The summed E-state index contributed by atoms with van der Waals surface area (Å²) in [5.41, 5.74) is 0.598. The Bertz CT molecular complexity index is 493. The largest absolute Gasteiger partial charge is 0.357 e. The van der Waals surface area contributed by atoms with Crippen molar-refractivity contribution in [2.45, 2.75) is 39.2 Å². The summed E-state index contributed by atoms with van der Waals surface area (Å²) in [6.07, 6.45) is 7.09. The fourth-order valence-electron chi connectivity index (χ4n) is 3.24. The fraction of sp³-hybridized carbons (Fsp3) is 0.786. The number of hydrogen-bond acceptors (Lipinski definition) is 3. The Morgan fingerprint density at radius 3 is 2.76 bits per heavy atom. The first-order valence-corrected chi connectivity index (χ1v) is 7.59. The summed E-state index contributed by atoms with van der Waals surface area (Å²) < 4.78 is 1.78. The number of rotatable bonds is 3. The Labute approximate surface area is 143 Å². The van der Waals surface area contributed by atoms with Gasteiger partial charge in [-0.15, -0.1) is 24.0 Å². The first-order valence-electron chi connectivity index (χ1n) is 7.59. The van der Waals surface area contributed by atoms with E-state index in [1.54, 1.807) is 11.0 Å². The Hall–Kier alpha value is -0.860. The molecule has 7 heteroatoms. The molecular weight excluding hydrogens is 379 g/mol. The van der Waals surface area contributed by atoms with E-state index >= 15 is 0 Å². The van der Waals surface area contributed by atoms with Crippen LogP contribution in [-0.2, 0) is 13.6 Å². The summed E-state index contributed by atoms with van der Waals surface area (Å²) in [5, 5.41) is 7.50. The normalized spacial score (nSPS) is 20.3. The summed E-state index contributed by atoms with van der Waals surface area (Å²) in [7, 11) is 1.91. The Morgan fingerprint density at radius 1 is 1.43 bits per heavy atom. The van der Waals surface area contributed by atoms with Crippen LogP contribution in [0.4, 0.5) is 0 Å². The molecule has 1 aromatic rings.